The highest BCUT2D eigenvalue weighted by Gasteiger charge is 2.47. The summed E-state index contributed by atoms with van der Waals surface area (Å²) in [6.07, 6.45) is 0. The van der Waals surface area contributed by atoms with Crippen molar-refractivity contribution in [3.63, 3.8) is 0 Å². The number of hydrogen-bond acceptors (Lipinski definition) is 3. The highest BCUT2D eigenvalue weighted by atomic mass is 19.2. The predicted molar refractivity (Wildman–Crippen MR) is 73.5 cm³/mol. The van der Waals surface area contributed by atoms with Gasteiger partial charge in [0.25, 0.3) is 0 Å². The van der Waals surface area contributed by atoms with E-state index in [4.69, 9.17) is 9.39 Å². The van der Waals surface area contributed by atoms with Gasteiger partial charge in [0.15, 0.2) is 17.4 Å². The smallest absolute Gasteiger partial charge is 0.357 e. The van der Waals surface area contributed by atoms with Gasteiger partial charge >= 0.3 is 6.92 Å². The van der Waals surface area contributed by atoms with Crippen molar-refractivity contribution in [1.29, 1.82) is 0 Å². The molecule has 7 heteroatoms. The Kier molecular flexibility index (Phi) is 4.01. The fraction of sp³-hybridized carbons (Fsp3) is 0.571. The summed E-state index contributed by atoms with van der Waals surface area (Å²) < 4.78 is 57.5. The van der Waals surface area contributed by atoms with E-state index in [1.807, 2.05) is 13.8 Å². The molecule has 0 radical (unpaired) electrons. The standard InChI is InChI=1S/C14H18BF3O3/c1-13(2)14(3,4)21-15(7-20-13)8-6-9(16)11(18)12(19-5)10(8)17/h6H,7H2,1-5H3. The Morgan fingerprint density at radius 2 is 1.71 bits per heavy atom. The Balaban J connectivity index is 2.43. The van der Waals surface area contributed by atoms with Gasteiger partial charge in [-0.1, -0.05) is 0 Å². The third-order valence-electron chi connectivity index (χ3n) is 4.18. The van der Waals surface area contributed by atoms with E-state index in [0.717, 1.165) is 13.2 Å². The van der Waals surface area contributed by atoms with Crippen molar-refractivity contribution in [2.75, 3.05) is 13.6 Å². The van der Waals surface area contributed by atoms with Crippen molar-refractivity contribution in [3.8, 4) is 5.75 Å². The molecule has 0 aliphatic carbocycles. The normalized spacial score (nSPS) is 20.5. The van der Waals surface area contributed by atoms with Gasteiger partial charge in [0, 0.05) is 0 Å². The first-order valence-electron chi connectivity index (χ1n) is 6.64. The lowest BCUT2D eigenvalue weighted by atomic mass is 9.59. The van der Waals surface area contributed by atoms with Gasteiger partial charge in [0.05, 0.1) is 24.8 Å². The second kappa shape index (κ2) is 5.21. The number of benzene rings is 1. The van der Waals surface area contributed by atoms with Gasteiger partial charge in [0.2, 0.25) is 5.82 Å². The third-order valence-corrected chi connectivity index (χ3v) is 4.18. The lowest BCUT2D eigenvalue weighted by Crippen LogP contribution is -2.62. The maximum Gasteiger partial charge on any atom is 0.357 e. The SMILES string of the molecule is COc1c(F)c(F)cc(B2COC(C)(C)C(C)(C)O2)c1F. The molecule has 0 bridgehead atoms. The van der Waals surface area contributed by atoms with E-state index in [9.17, 15) is 13.2 Å². The van der Waals surface area contributed by atoms with Crippen LogP contribution in [0.15, 0.2) is 6.07 Å². The molecule has 1 aliphatic rings. The van der Waals surface area contributed by atoms with Crippen LogP contribution in [0.4, 0.5) is 13.2 Å². The van der Waals surface area contributed by atoms with E-state index in [1.165, 1.54) is 0 Å². The topological polar surface area (TPSA) is 27.7 Å². The number of ether oxygens (including phenoxy) is 2. The van der Waals surface area contributed by atoms with Crippen LogP contribution in [0.25, 0.3) is 0 Å². The maximum atomic E-state index is 14.3. The van der Waals surface area contributed by atoms with E-state index in [0.29, 0.717) is 0 Å². The van der Waals surface area contributed by atoms with Crippen LogP contribution in [0.2, 0.25) is 0 Å². The van der Waals surface area contributed by atoms with E-state index >= 15 is 0 Å². The molecule has 2 rings (SSSR count). The van der Waals surface area contributed by atoms with Crippen LogP contribution in [-0.4, -0.2) is 31.7 Å². The van der Waals surface area contributed by atoms with Crippen molar-refractivity contribution in [2.45, 2.75) is 38.9 Å². The van der Waals surface area contributed by atoms with E-state index in [2.05, 4.69) is 4.74 Å². The molecule has 1 heterocycles. The van der Waals surface area contributed by atoms with Gasteiger partial charge in [-0.05, 0) is 39.2 Å². The number of methoxy groups -OCH3 is 1. The summed E-state index contributed by atoms with van der Waals surface area (Å²) in [5.74, 6) is -4.26. The van der Waals surface area contributed by atoms with Crippen LogP contribution in [0, 0.1) is 17.5 Å². The Bertz CT molecular complexity index is 561. The maximum absolute atomic E-state index is 14.3. The highest BCUT2D eigenvalue weighted by molar-refractivity contribution is 6.67. The number of hydrogen-bond donors (Lipinski definition) is 0. The molecule has 3 nitrogen and oxygen atoms in total. The molecule has 21 heavy (non-hydrogen) atoms. The zero-order chi connectivity index (χ0) is 16.0. The third kappa shape index (κ3) is 2.64. The molecule has 0 atom stereocenters. The monoisotopic (exact) mass is 302 g/mol. The summed E-state index contributed by atoms with van der Waals surface area (Å²) in [6, 6.07) is 0.787. The van der Waals surface area contributed by atoms with Crippen molar-refractivity contribution in [2.24, 2.45) is 0 Å². The van der Waals surface area contributed by atoms with Crippen molar-refractivity contribution < 1.29 is 27.3 Å². The van der Waals surface area contributed by atoms with Gasteiger partial charge in [-0.3, -0.25) is 0 Å². The molecule has 0 unspecified atom stereocenters. The van der Waals surface area contributed by atoms with Crippen molar-refractivity contribution in [3.05, 3.63) is 23.5 Å². The second-order valence-corrected chi connectivity index (χ2v) is 6.05. The summed E-state index contributed by atoms with van der Waals surface area (Å²) in [6.45, 7) is 6.51. The molecule has 1 aromatic carbocycles. The van der Waals surface area contributed by atoms with Gasteiger partial charge in [-0.2, -0.15) is 4.39 Å². The number of rotatable bonds is 2. The average Bonchev–Trinajstić information content (AvgIpc) is 2.38. The molecule has 0 aromatic heterocycles. The Hall–Kier alpha value is -1.21. The summed E-state index contributed by atoms with van der Waals surface area (Å²) in [5.41, 5.74) is -1.42. The van der Waals surface area contributed by atoms with Gasteiger partial charge < -0.3 is 14.1 Å². The first-order chi connectivity index (χ1) is 9.60. The lowest BCUT2D eigenvalue weighted by Gasteiger charge is -2.47. The molecule has 0 spiro atoms. The quantitative estimate of drug-likeness (QED) is 0.620. The first-order valence-corrected chi connectivity index (χ1v) is 6.64. The first kappa shape index (κ1) is 16.2. The molecule has 1 aliphatic heterocycles. The molecule has 0 amide bonds. The molecule has 1 saturated heterocycles. The van der Waals surface area contributed by atoms with Gasteiger partial charge in [0.1, 0.15) is 0 Å². The summed E-state index contributed by atoms with van der Waals surface area (Å²) >= 11 is 0. The van der Waals surface area contributed by atoms with Crippen molar-refractivity contribution >= 4 is 12.4 Å². The summed E-state index contributed by atoms with van der Waals surface area (Å²) in [7, 11) is 1.08. The minimum Gasteiger partial charge on any atom is -0.491 e. The molecular weight excluding hydrogens is 284 g/mol. The summed E-state index contributed by atoms with van der Waals surface area (Å²) in [4.78, 5) is 0. The van der Waals surface area contributed by atoms with Gasteiger partial charge in [-0.25, -0.2) is 8.78 Å². The second-order valence-electron chi connectivity index (χ2n) is 6.05. The molecular formula is C14H18BF3O3. The van der Waals surface area contributed by atoms with Crippen LogP contribution in [0.5, 0.6) is 5.75 Å². The largest absolute Gasteiger partial charge is 0.491 e. The summed E-state index contributed by atoms with van der Waals surface area (Å²) in [5, 5.41) is 0. The molecule has 0 saturated carbocycles. The van der Waals surface area contributed by atoms with Crippen molar-refractivity contribution in [1.82, 2.24) is 0 Å². The number of halogens is 3. The van der Waals surface area contributed by atoms with Crippen LogP contribution in [-0.2, 0) is 9.39 Å². The Morgan fingerprint density at radius 3 is 2.24 bits per heavy atom. The van der Waals surface area contributed by atoms with E-state index < -0.39 is 41.3 Å². The molecule has 1 aromatic rings. The zero-order valence-corrected chi connectivity index (χ0v) is 12.7. The van der Waals surface area contributed by atoms with Crippen LogP contribution in [0.3, 0.4) is 0 Å². The average molecular weight is 302 g/mol. The van der Waals surface area contributed by atoms with Crippen LogP contribution < -0.4 is 10.2 Å². The molecule has 1 fully saturated rings. The zero-order valence-electron chi connectivity index (χ0n) is 12.7. The van der Waals surface area contributed by atoms with Gasteiger partial charge in [-0.15, -0.1) is 0 Å². The highest BCUT2D eigenvalue weighted by Crippen LogP contribution is 2.34. The minimum absolute atomic E-state index is 0.0432. The molecule has 116 valence electrons. The predicted octanol–water partition coefficient (Wildman–Crippen LogP) is 2.45. The Morgan fingerprint density at radius 1 is 1.10 bits per heavy atom. The Labute approximate surface area is 122 Å². The minimum atomic E-state index is -1.35. The fourth-order valence-corrected chi connectivity index (χ4v) is 2.16. The molecule has 0 N–H and O–H groups in total. The van der Waals surface area contributed by atoms with Crippen LogP contribution >= 0.6 is 0 Å². The fourth-order valence-electron chi connectivity index (χ4n) is 2.16. The van der Waals surface area contributed by atoms with E-state index in [-0.39, 0.29) is 12.0 Å². The lowest BCUT2D eigenvalue weighted by molar-refractivity contribution is -0.152. The van der Waals surface area contributed by atoms with Crippen LogP contribution in [0.1, 0.15) is 27.7 Å². The van der Waals surface area contributed by atoms with E-state index in [1.54, 1.807) is 13.8 Å².